The summed E-state index contributed by atoms with van der Waals surface area (Å²) in [6.45, 7) is 5.83. The van der Waals surface area contributed by atoms with E-state index in [2.05, 4.69) is 21.2 Å². The summed E-state index contributed by atoms with van der Waals surface area (Å²) in [4.78, 5) is 16.4. The van der Waals surface area contributed by atoms with Gasteiger partial charge >= 0.3 is 12.1 Å². The number of amides is 1. The molecule has 0 aliphatic rings. The van der Waals surface area contributed by atoms with E-state index in [1.807, 2.05) is 0 Å². The molecule has 1 heterocycles. The summed E-state index contributed by atoms with van der Waals surface area (Å²) >= 11 is 0. The van der Waals surface area contributed by atoms with Gasteiger partial charge < -0.3 is 9.42 Å². The monoisotopic (exact) mass is 325 g/mol. The number of carbonyl (C=O) groups excluding carboxylic acids is 1. The highest BCUT2D eigenvalue weighted by Gasteiger charge is 2.38. The Morgan fingerprint density at radius 3 is 2.48 bits per heavy atom. The number of nitrogens with zero attached hydrogens (tertiary/aromatic N) is 3. The lowest BCUT2D eigenvalue weighted by atomic mass is 10.1. The fourth-order valence-electron chi connectivity index (χ4n) is 1.90. The minimum atomic E-state index is -4.67. The third kappa shape index (κ3) is 4.18. The summed E-state index contributed by atoms with van der Waals surface area (Å²) < 4.78 is 41.5. The number of aromatic nitrogens is 2. The number of alkyl halides is 3. The Balaban J connectivity index is 2.14. The number of rotatable bonds is 5. The number of benzene rings is 1. The Kier molecular flexibility index (Phi) is 4.83. The van der Waals surface area contributed by atoms with Crippen LogP contribution in [-0.4, -0.2) is 27.5 Å². The van der Waals surface area contributed by atoms with Crippen LogP contribution in [0, 0.1) is 0 Å². The van der Waals surface area contributed by atoms with E-state index in [1.54, 1.807) is 35.2 Å². The first kappa shape index (κ1) is 16.7. The van der Waals surface area contributed by atoms with Crippen molar-refractivity contribution in [2.75, 3.05) is 6.54 Å². The van der Waals surface area contributed by atoms with Crippen LogP contribution in [0.15, 0.2) is 41.4 Å². The average molecular weight is 325 g/mol. The van der Waals surface area contributed by atoms with E-state index in [1.165, 1.54) is 6.92 Å². The molecule has 0 aliphatic heterocycles. The maximum atomic E-state index is 12.4. The predicted molar refractivity (Wildman–Crippen MR) is 76.0 cm³/mol. The highest BCUT2D eigenvalue weighted by molar-refractivity contribution is 5.73. The van der Waals surface area contributed by atoms with E-state index in [0.29, 0.717) is 18.7 Å². The number of hydrogen-bond acceptors (Lipinski definition) is 4. The first-order chi connectivity index (χ1) is 10.8. The van der Waals surface area contributed by atoms with Gasteiger partial charge in [-0.1, -0.05) is 35.5 Å². The van der Waals surface area contributed by atoms with Crippen LogP contribution in [0.1, 0.15) is 18.4 Å². The van der Waals surface area contributed by atoms with Crippen LogP contribution in [0.2, 0.25) is 0 Å². The molecule has 8 heteroatoms. The lowest BCUT2D eigenvalue weighted by Gasteiger charge is -2.19. The largest absolute Gasteiger partial charge is 0.471 e. The lowest BCUT2D eigenvalue weighted by molar-refractivity contribution is -0.159. The van der Waals surface area contributed by atoms with E-state index in [9.17, 15) is 18.0 Å². The zero-order valence-corrected chi connectivity index (χ0v) is 12.3. The molecule has 0 radical (unpaired) electrons. The molecule has 0 saturated heterocycles. The zero-order chi connectivity index (χ0) is 17.0. The van der Waals surface area contributed by atoms with Crippen LogP contribution < -0.4 is 0 Å². The van der Waals surface area contributed by atoms with Gasteiger partial charge in [0.25, 0.3) is 0 Å². The van der Waals surface area contributed by atoms with Gasteiger partial charge in [-0.2, -0.15) is 18.2 Å². The number of hydrogen-bond donors (Lipinski definition) is 0. The molecule has 1 amide bonds. The quantitative estimate of drug-likeness (QED) is 0.792. The minimum absolute atomic E-state index is 0.0954. The molecule has 5 nitrogen and oxygen atoms in total. The molecule has 0 saturated carbocycles. The molecule has 0 bridgehead atoms. The van der Waals surface area contributed by atoms with Crippen molar-refractivity contribution in [3.8, 4) is 11.4 Å². The molecule has 122 valence electrons. The minimum Gasteiger partial charge on any atom is -0.335 e. The Morgan fingerprint density at radius 2 is 2.00 bits per heavy atom. The summed E-state index contributed by atoms with van der Waals surface area (Å²) in [5, 5.41) is 3.32. The predicted octanol–water partition coefficient (Wildman–Crippen LogP) is 3.29. The summed E-state index contributed by atoms with van der Waals surface area (Å²) in [5.74, 6) is -1.62. The summed E-state index contributed by atoms with van der Waals surface area (Å²) in [7, 11) is 0. The Morgan fingerprint density at radius 1 is 1.35 bits per heavy atom. The molecule has 0 atom stereocenters. The van der Waals surface area contributed by atoms with Crippen molar-refractivity contribution < 1.29 is 22.5 Å². The van der Waals surface area contributed by atoms with Crippen LogP contribution in [0.5, 0.6) is 0 Å². The second-order valence-electron chi connectivity index (χ2n) is 4.81. The Labute approximate surface area is 130 Å². The van der Waals surface area contributed by atoms with E-state index in [4.69, 9.17) is 0 Å². The van der Waals surface area contributed by atoms with Gasteiger partial charge in [-0.25, -0.2) is 0 Å². The fraction of sp³-hybridized carbons (Fsp3) is 0.267. The van der Waals surface area contributed by atoms with Gasteiger partial charge in [0.1, 0.15) is 0 Å². The first-order valence-corrected chi connectivity index (χ1v) is 6.68. The van der Waals surface area contributed by atoms with E-state index in [-0.39, 0.29) is 11.7 Å². The molecule has 0 fully saturated rings. The van der Waals surface area contributed by atoms with Gasteiger partial charge in [0.05, 0.1) is 0 Å². The van der Waals surface area contributed by atoms with Gasteiger partial charge in [-0.05, 0) is 5.56 Å². The van der Waals surface area contributed by atoms with Gasteiger partial charge in [0, 0.05) is 25.6 Å². The van der Waals surface area contributed by atoms with Crippen LogP contribution >= 0.6 is 0 Å². The standard InChI is InChI=1S/C15H14F3N3O2/c1-3-8-21(10(2)22)9-11-4-6-12(7-5-11)13-19-14(23-20-13)15(16,17)18/h3-7H,1,8-9H2,2H3. The van der Waals surface area contributed by atoms with Gasteiger partial charge in [0.2, 0.25) is 11.7 Å². The second-order valence-corrected chi connectivity index (χ2v) is 4.81. The summed E-state index contributed by atoms with van der Waals surface area (Å²) in [6.07, 6.45) is -3.05. The van der Waals surface area contributed by atoms with Crippen molar-refractivity contribution in [3.63, 3.8) is 0 Å². The molecule has 23 heavy (non-hydrogen) atoms. The molecular weight excluding hydrogens is 311 g/mol. The van der Waals surface area contributed by atoms with Crippen molar-refractivity contribution in [3.05, 3.63) is 48.4 Å². The number of halogens is 3. The van der Waals surface area contributed by atoms with Crippen LogP contribution in [0.3, 0.4) is 0 Å². The normalized spacial score (nSPS) is 11.3. The molecular formula is C15H14F3N3O2. The highest BCUT2D eigenvalue weighted by atomic mass is 19.4. The summed E-state index contributed by atoms with van der Waals surface area (Å²) in [5.41, 5.74) is 1.22. The third-order valence-corrected chi connectivity index (χ3v) is 3.05. The van der Waals surface area contributed by atoms with Gasteiger partial charge in [-0.3, -0.25) is 4.79 Å². The van der Waals surface area contributed by atoms with Crippen LogP contribution in [0.25, 0.3) is 11.4 Å². The number of carbonyl (C=O) groups is 1. The van der Waals surface area contributed by atoms with Crippen LogP contribution in [-0.2, 0) is 17.5 Å². The Hall–Kier alpha value is -2.64. The summed E-state index contributed by atoms with van der Waals surface area (Å²) in [6, 6.07) is 6.54. The van der Waals surface area contributed by atoms with Gasteiger partial charge in [0.15, 0.2) is 0 Å². The zero-order valence-electron chi connectivity index (χ0n) is 12.3. The van der Waals surface area contributed by atoms with Crippen molar-refractivity contribution in [2.24, 2.45) is 0 Å². The third-order valence-electron chi connectivity index (χ3n) is 3.05. The molecule has 0 aliphatic carbocycles. The molecule has 0 spiro atoms. The highest BCUT2D eigenvalue weighted by Crippen LogP contribution is 2.29. The van der Waals surface area contributed by atoms with Crippen LogP contribution in [0.4, 0.5) is 13.2 Å². The van der Waals surface area contributed by atoms with E-state index >= 15 is 0 Å². The molecule has 1 aromatic carbocycles. The lowest BCUT2D eigenvalue weighted by Crippen LogP contribution is -2.28. The molecule has 0 unspecified atom stereocenters. The SMILES string of the molecule is C=CCN(Cc1ccc(-c2noc(C(F)(F)F)n2)cc1)C(C)=O. The maximum Gasteiger partial charge on any atom is 0.471 e. The molecule has 2 aromatic rings. The van der Waals surface area contributed by atoms with E-state index < -0.39 is 12.1 Å². The average Bonchev–Trinajstić information content (AvgIpc) is 2.97. The molecule has 0 N–H and O–H groups in total. The van der Waals surface area contributed by atoms with Crippen molar-refractivity contribution >= 4 is 5.91 Å². The fourth-order valence-corrected chi connectivity index (χ4v) is 1.90. The van der Waals surface area contributed by atoms with Crippen molar-refractivity contribution in [1.82, 2.24) is 15.0 Å². The van der Waals surface area contributed by atoms with Crippen molar-refractivity contribution in [1.29, 1.82) is 0 Å². The van der Waals surface area contributed by atoms with Gasteiger partial charge in [-0.15, -0.1) is 6.58 Å². The van der Waals surface area contributed by atoms with Crippen molar-refractivity contribution in [2.45, 2.75) is 19.6 Å². The smallest absolute Gasteiger partial charge is 0.335 e. The molecule has 2 rings (SSSR count). The Bertz CT molecular complexity index is 693. The topological polar surface area (TPSA) is 59.2 Å². The second kappa shape index (κ2) is 6.64. The first-order valence-electron chi connectivity index (χ1n) is 6.68. The maximum absolute atomic E-state index is 12.4. The molecule has 1 aromatic heterocycles. The van der Waals surface area contributed by atoms with E-state index in [0.717, 1.165) is 5.56 Å².